The molecule has 0 saturated carbocycles. The minimum Gasteiger partial charge on any atom is -0.478 e. The summed E-state index contributed by atoms with van der Waals surface area (Å²) in [5.41, 5.74) is 0.254. The Morgan fingerprint density at radius 2 is 2.35 bits per heavy atom. The summed E-state index contributed by atoms with van der Waals surface area (Å²) >= 11 is 6.17. The van der Waals surface area contributed by atoms with Crippen molar-refractivity contribution < 1.29 is 9.53 Å². The zero-order valence-corrected chi connectivity index (χ0v) is 13.7. The topological polar surface area (TPSA) is 60.2 Å². The van der Waals surface area contributed by atoms with Crippen molar-refractivity contribution in [2.24, 2.45) is 0 Å². The third-order valence-electron chi connectivity index (χ3n) is 3.95. The standard InChI is InChI=1S/C16H19ClN4O2/c1-2-23-14-6-5-13(17)15(19-14)16(22)20-8-3-4-12(10-20)21-9-7-18-11-21/h5-7,9,11-12H,2-4,8,10H2,1H3. The van der Waals surface area contributed by atoms with Gasteiger partial charge in [-0.3, -0.25) is 4.79 Å². The third kappa shape index (κ3) is 3.47. The van der Waals surface area contributed by atoms with E-state index < -0.39 is 0 Å². The number of aromatic nitrogens is 3. The Balaban J connectivity index is 1.78. The maximum Gasteiger partial charge on any atom is 0.274 e. The van der Waals surface area contributed by atoms with Crippen LogP contribution in [0.1, 0.15) is 36.3 Å². The molecule has 1 saturated heterocycles. The summed E-state index contributed by atoms with van der Waals surface area (Å²) in [5, 5.41) is 0.350. The van der Waals surface area contributed by atoms with Gasteiger partial charge < -0.3 is 14.2 Å². The number of pyridine rings is 1. The van der Waals surface area contributed by atoms with Crippen molar-refractivity contribution in [3.8, 4) is 5.88 Å². The van der Waals surface area contributed by atoms with E-state index in [4.69, 9.17) is 16.3 Å². The molecule has 0 radical (unpaired) electrons. The van der Waals surface area contributed by atoms with E-state index in [0.717, 1.165) is 12.8 Å². The minimum atomic E-state index is -0.152. The molecule has 1 amide bonds. The molecule has 23 heavy (non-hydrogen) atoms. The molecule has 7 heteroatoms. The van der Waals surface area contributed by atoms with Crippen molar-refractivity contribution in [2.45, 2.75) is 25.8 Å². The van der Waals surface area contributed by atoms with Crippen LogP contribution in [0.5, 0.6) is 5.88 Å². The number of rotatable bonds is 4. The van der Waals surface area contributed by atoms with Crippen LogP contribution in [0.2, 0.25) is 5.02 Å². The van der Waals surface area contributed by atoms with E-state index in [9.17, 15) is 4.79 Å². The molecule has 122 valence electrons. The normalized spacial score (nSPS) is 18.0. The van der Waals surface area contributed by atoms with Crippen LogP contribution in [-0.2, 0) is 0 Å². The summed E-state index contributed by atoms with van der Waals surface area (Å²) in [5.74, 6) is 0.268. The molecule has 0 aliphatic carbocycles. The highest BCUT2D eigenvalue weighted by Gasteiger charge is 2.27. The highest BCUT2D eigenvalue weighted by atomic mass is 35.5. The van der Waals surface area contributed by atoms with E-state index in [1.807, 2.05) is 17.7 Å². The molecular formula is C16H19ClN4O2. The molecular weight excluding hydrogens is 316 g/mol. The van der Waals surface area contributed by atoms with E-state index in [1.165, 1.54) is 0 Å². The second kappa shape index (κ2) is 7.00. The van der Waals surface area contributed by atoms with Crippen molar-refractivity contribution in [3.63, 3.8) is 0 Å². The van der Waals surface area contributed by atoms with Gasteiger partial charge in [-0.05, 0) is 25.8 Å². The number of piperidine rings is 1. The number of ether oxygens (including phenoxy) is 1. The van der Waals surface area contributed by atoms with Gasteiger partial charge in [0.05, 0.1) is 24.0 Å². The van der Waals surface area contributed by atoms with Crippen molar-refractivity contribution >= 4 is 17.5 Å². The fraction of sp³-hybridized carbons (Fsp3) is 0.438. The molecule has 3 heterocycles. The van der Waals surface area contributed by atoms with Crippen molar-refractivity contribution in [3.05, 3.63) is 41.6 Å². The van der Waals surface area contributed by atoms with Crippen LogP contribution < -0.4 is 4.74 Å². The Kier molecular flexibility index (Phi) is 4.81. The van der Waals surface area contributed by atoms with Gasteiger partial charge in [0.1, 0.15) is 0 Å². The Morgan fingerprint density at radius 1 is 1.48 bits per heavy atom. The molecule has 1 atom stereocenters. The molecule has 0 N–H and O–H groups in total. The Labute approximate surface area is 140 Å². The molecule has 1 unspecified atom stereocenters. The third-order valence-corrected chi connectivity index (χ3v) is 4.25. The summed E-state index contributed by atoms with van der Waals surface area (Å²) in [6.07, 6.45) is 7.45. The zero-order valence-electron chi connectivity index (χ0n) is 13.0. The van der Waals surface area contributed by atoms with Crippen LogP contribution in [0.15, 0.2) is 30.9 Å². The van der Waals surface area contributed by atoms with Crippen molar-refractivity contribution in [1.82, 2.24) is 19.4 Å². The fourth-order valence-corrected chi connectivity index (χ4v) is 3.01. The number of amides is 1. The van der Waals surface area contributed by atoms with Gasteiger partial charge in [-0.1, -0.05) is 11.6 Å². The largest absolute Gasteiger partial charge is 0.478 e. The first-order valence-electron chi connectivity index (χ1n) is 7.75. The summed E-state index contributed by atoms with van der Waals surface area (Å²) < 4.78 is 7.41. The molecule has 2 aromatic heterocycles. The number of likely N-dealkylation sites (tertiary alicyclic amines) is 1. The van der Waals surface area contributed by atoms with Crippen LogP contribution in [0.3, 0.4) is 0 Å². The van der Waals surface area contributed by atoms with Crippen LogP contribution in [-0.4, -0.2) is 45.0 Å². The first-order chi connectivity index (χ1) is 11.2. The molecule has 1 aliphatic rings. The van der Waals surface area contributed by atoms with Gasteiger partial charge in [-0.2, -0.15) is 0 Å². The Morgan fingerprint density at radius 3 is 3.09 bits per heavy atom. The van der Waals surface area contributed by atoms with Crippen LogP contribution in [0.25, 0.3) is 0 Å². The average molecular weight is 335 g/mol. The minimum absolute atomic E-state index is 0.152. The number of carbonyl (C=O) groups is 1. The predicted octanol–water partition coefficient (Wildman–Crippen LogP) is 2.81. The monoisotopic (exact) mass is 334 g/mol. The lowest BCUT2D eigenvalue weighted by molar-refractivity contribution is 0.0672. The lowest BCUT2D eigenvalue weighted by Gasteiger charge is -2.33. The number of carbonyl (C=O) groups excluding carboxylic acids is 1. The van der Waals surface area contributed by atoms with Crippen LogP contribution >= 0.6 is 11.6 Å². The van der Waals surface area contributed by atoms with E-state index in [-0.39, 0.29) is 17.6 Å². The lowest BCUT2D eigenvalue weighted by atomic mass is 10.1. The summed E-state index contributed by atoms with van der Waals surface area (Å²) in [6.45, 7) is 3.71. The Hall–Kier alpha value is -2.08. The van der Waals surface area contributed by atoms with Gasteiger partial charge in [0.2, 0.25) is 5.88 Å². The molecule has 1 aliphatic heterocycles. The molecule has 2 aromatic rings. The first kappa shape index (κ1) is 15.8. The van der Waals surface area contributed by atoms with E-state index in [1.54, 1.807) is 29.6 Å². The van der Waals surface area contributed by atoms with Gasteiger partial charge in [-0.25, -0.2) is 9.97 Å². The summed E-state index contributed by atoms with van der Waals surface area (Å²) in [6, 6.07) is 3.57. The smallest absolute Gasteiger partial charge is 0.274 e. The molecule has 0 spiro atoms. The van der Waals surface area contributed by atoms with Crippen molar-refractivity contribution in [1.29, 1.82) is 0 Å². The summed E-state index contributed by atoms with van der Waals surface area (Å²) in [7, 11) is 0. The molecule has 6 nitrogen and oxygen atoms in total. The quantitative estimate of drug-likeness (QED) is 0.862. The van der Waals surface area contributed by atoms with Gasteiger partial charge in [-0.15, -0.1) is 0 Å². The summed E-state index contributed by atoms with van der Waals surface area (Å²) in [4.78, 5) is 22.9. The second-order valence-electron chi connectivity index (χ2n) is 5.47. The molecule has 1 fully saturated rings. The Bertz CT molecular complexity index is 675. The second-order valence-corrected chi connectivity index (χ2v) is 5.88. The van der Waals surface area contributed by atoms with Gasteiger partial charge >= 0.3 is 0 Å². The molecule has 0 aromatic carbocycles. The molecule has 3 rings (SSSR count). The van der Waals surface area contributed by atoms with E-state index in [2.05, 4.69) is 9.97 Å². The van der Waals surface area contributed by atoms with Crippen LogP contribution in [0, 0.1) is 0 Å². The first-order valence-corrected chi connectivity index (χ1v) is 8.13. The number of imidazole rings is 1. The number of nitrogens with zero attached hydrogens (tertiary/aromatic N) is 4. The SMILES string of the molecule is CCOc1ccc(Cl)c(C(=O)N2CCCC(n3ccnc3)C2)n1. The van der Waals surface area contributed by atoms with Gasteiger partial charge in [0, 0.05) is 31.5 Å². The van der Waals surface area contributed by atoms with Crippen LogP contribution in [0.4, 0.5) is 0 Å². The number of halogens is 1. The zero-order chi connectivity index (χ0) is 16.2. The van der Waals surface area contributed by atoms with Gasteiger partial charge in [0.15, 0.2) is 5.69 Å². The molecule has 0 bridgehead atoms. The average Bonchev–Trinajstić information content (AvgIpc) is 3.11. The predicted molar refractivity (Wildman–Crippen MR) is 86.8 cm³/mol. The lowest BCUT2D eigenvalue weighted by Crippen LogP contribution is -2.41. The highest BCUT2D eigenvalue weighted by Crippen LogP contribution is 2.25. The van der Waals surface area contributed by atoms with Crippen molar-refractivity contribution in [2.75, 3.05) is 19.7 Å². The number of hydrogen-bond donors (Lipinski definition) is 0. The maximum atomic E-state index is 12.8. The van der Waals surface area contributed by atoms with E-state index in [0.29, 0.717) is 30.6 Å². The number of hydrogen-bond acceptors (Lipinski definition) is 4. The van der Waals surface area contributed by atoms with E-state index >= 15 is 0 Å². The highest BCUT2D eigenvalue weighted by molar-refractivity contribution is 6.33. The van der Waals surface area contributed by atoms with Gasteiger partial charge in [0.25, 0.3) is 5.91 Å². The fourth-order valence-electron chi connectivity index (χ4n) is 2.82. The maximum absolute atomic E-state index is 12.8.